The number of hydrogen-bond donors (Lipinski definition) is 1. The highest BCUT2D eigenvalue weighted by Crippen LogP contribution is 2.16. The molecule has 21 heavy (non-hydrogen) atoms. The minimum absolute atomic E-state index is 0.185. The first-order valence-corrected chi connectivity index (χ1v) is 8.65. The van der Waals surface area contributed by atoms with Gasteiger partial charge in [0.25, 0.3) is 5.91 Å². The van der Waals surface area contributed by atoms with E-state index in [1.807, 2.05) is 13.8 Å². The molecule has 0 saturated heterocycles. The van der Waals surface area contributed by atoms with Crippen molar-refractivity contribution in [1.82, 2.24) is 9.62 Å². The van der Waals surface area contributed by atoms with Crippen molar-refractivity contribution in [3.05, 3.63) is 29.8 Å². The first-order valence-electron chi connectivity index (χ1n) is 7.21. The molecule has 1 aromatic rings. The van der Waals surface area contributed by atoms with Gasteiger partial charge in [0.15, 0.2) is 0 Å². The molecule has 0 aliphatic rings. The molecule has 1 aromatic carbocycles. The van der Waals surface area contributed by atoms with Crippen LogP contribution in [0, 0.1) is 5.92 Å². The molecule has 0 aromatic heterocycles. The average Bonchev–Trinajstić information content (AvgIpc) is 2.45. The molecule has 0 atom stereocenters. The molecular weight excluding hydrogens is 288 g/mol. The summed E-state index contributed by atoms with van der Waals surface area (Å²) in [5.41, 5.74) is 0.467. The van der Waals surface area contributed by atoms with Gasteiger partial charge in [-0.3, -0.25) is 4.79 Å². The van der Waals surface area contributed by atoms with Crippen LogP contribution in [-0.2, 0) is 10.0 Å². The fraction of sp³-hybridized carbons (Fsp3) is 0.533. The van der Waals surface area contributed by atoms with E-state index >= 15 is 0 Å². The molecule has 5 nitrogen and oxygen atoms in total. The SMILES string of the molecule is CCN(CC)S(=O)(=O)c1ccc(C(=O)NCC(C)C)cc1. The topological polar surface area (TPSA) is 66.5 Å². The van der Waals surface area contributed by atoms with Crippen molar-refractivity contribution in [2.75, 3.05) is 19.6 Å². The van der Waals surface area contributed by atoms with Gasteiger partial charge < -0.3 is 5.32 Å². The summed E-state index contributed by atoms with van der Waals surface area (Å²) in [4.78, 5) is 12.1. The number of rotatable bonds is 7. The normalized spacial score (nSPS) is 11.9. The third-order valence-corrected chi connectivity index (χ3v) is 5.19. The van der Waals surface area contributed by atoms with Crippen LogP contribution in [0.25, 0.3) is 0 Å². The molecule has 6 heteroatoms. The molecule has 0 bridgehead atoms. The van der Waals surface area contributed by atoms with Crippen LogP contribution < -0.4 is 5.32 Å². The lowest BCUT2D eigenvalue weighted by molar-refractivity contribution is 0.0949. The number of nitrogens with one attached hydrogen (secondary N) is 1. The summed E-state index contributed by atoms with van der Waals surface area (Å²) in [6, 6.07) is 6.06. The second-order valence-corrected chi connectivity index (χ2v) is 7.16. The van der Waals surface area contributed by atoms with Crippen LogP contribution in [0.3, 0.4) is 0 Å². The van der Waals surface area contributed by atoms with Crippen molar-refractivity contribution in [1.29, 1.82) is 0 Å². The van der Waals surface area contributed by atoms with E-state index in [1.54, 1.807) is 26.0 Å². The van der Waals surface area contributed by atoms with Crippen LogP contribution in [0.15, 0.2) is 29.2 Å². The van der Waals surface area contributed by atoms with Gasteiger partial charge in [0.1, 0.15) is 0 Å². The van der Waals surface area contributed by atoms with Crippen LogP contribution in [0.2, 0.25) is 0 Å². The molecule has 1 rings (SSSR count). The highest BCUT2D eigenvalue weighted by atomic mass is 32.2. The molecule has 0 spiro atoms. The summed E-state index contributed by atoms with van der Waals surface area (Å²) in [5.74, 6) is 0.187. The van der Waals surface area contributed by atoms with Gasteiger partial charge in [-0.1, -0.05) is 27.7 Å². The van der Waals surface area contributed by atoms with Gasteiger partial charge >= 0.3 is 0 Å². The van der Waals surface area contributed by atoms with E-state index < -0.39 is 10.0 Å². The highest BCUT2D eigenvalue weighted by molar-refractivity contribution is 7.89. The Hall–Kier alpha value is -1.40. The number of carbonyl (C=O) groups is 1. The van der Waals surface area contributed by atoms with Crippen LogP contribution in [0.5, 0.6) is 0 Å². The Kier molecular flexibility index (Phi) is 6.36. The van der Waals surface area contributed by atoms with Crippen molar-refractivity contribution < 1.29 is 13.2 Å². The van der Waals surface area contributed by atoms with Gasteiger partial charge in [0.2, 0.25) is 10.0 Å². The lowest BCUT2D eigenvalue weighted by Crippen LogP contribution is -2.30. The predicted molar refractivity (Wildman–Crippen MR) is 83.7 cm³/mol. The Morgan fingerprint density at radius 1 is 1.14 bits per heavy atom. The van der Waals surface area contributed by atoms with Gasteiger partial charge in [-0.05, 0) is 30.2 Å². The zero-order valence-electron chi connectivity index (χ0n) is 13.1. The van der Waals surface area contributed by atoms with Gasteiger partial charge in [-0.15, -0.1) is 0 Å². The zero-order valence-corrected chi connectivity index (χ0v) is 13.9. The standard InChI is InChI=1S/C15H24N2O3S/c1-5-17(6-2)21(19,20)14-9-7-13(8-10-14)15(18)16-11-12(3)4/h7-10,12H,5-6,11H2,1-4H3,(H,16,18). The van der Waals surface area contributed by atoms with Crippen LogP contribution >= 0.6 is 0 Å². The van der Waals surface area contributed by atoms with E-state index in [4.69, 9.17) is 0 Å². The summed E-state index contributed by atoms with van der Waals surface area (Å²) in [6.45, 7) is 9.08. The smallest absolute Gasteiger partial charge is 0.251 e. The van der Waals surface area contributed by atoms with E-state index in [0.717, 1.165) is 0 Å². The van der Waals surface area contributed by atoms with E-state index in [-0.39, 0.29) is 10.8 Å². The molecule has 1 N–H and O–H groups in total. The van der Waals surface area contributed by atoms with Crippen molar-refractivity contribution in [2.24, 2.45) is 5.92 Å². The number of sulfonamides is 1. The fourth-order valence-corrected chi connectivity index (χ4v) is 3.35. The van der Waals surface area contributed by atoms with Crippen molar-refractivity contribution in [3.8, 4) is 0 Å². The maximum Gasteiger partial charge on any atom is 0.251 e. The maximum atomic E-state index is 12.3. The zero-order chi connectivity index (χ0) is 16.0. The number of carbonyl (C=O) groups excluding carboxylic acids is 1. The number of hydrogen-bond acceptors (Lipinski definition) is 3. The van der Waals surface area contributed by atoms with Crippen LogP contribution in [-0.4, -0.2) is 38.3 Å². The van der Waals surface area contributed by atoms with Gasteiger partial charge in [0, 0.05) is 25.2 Å². The first-order chi connectivity index (χ1) is 9.82. The van der Waals surface area contributed by atoms with E-state index in [1.165, 1.54) is 16.4 Å². The minimum Gasteiger partial charge on any atom is -0.352 e. The van der Waals surface area contributed by atoms with Gasteiger partial charge in [-0.2, -0.15) is 4.31 Å². The highest BCUT2D eigenvalue weighted by Gasteiger charge is 2.21. The summed E-state index contributed by atoms with van der Waals surface area (Å²) in [7, 11) is -3.47. The molecule has 0 saturated carbocycles. The molecule has 0 unspecified atom stereocenters. The first kappa shape index (κ1) is 17.7. The quantitative estimate of drug-likeness (QED) is 0.838. The molecule has 0 heterocycles. The van der Waals surface area contributed by atoms with Crippen molar-refractivity contribution in [2.45, 2.75) is 32.6 Å². The van der Waals surface area contributed by atoms with E-state index in [2.05, 4.69) is 5.32 Å². The Morgan fingerprint density at radius 3 is 2.10 bits per heavy atom. The monoisotopic (exact) mass is 312 g/mol. The third-order valence-electron chi connectivity index (χ3n) is 3.13. The van der Waals surface area contributed by atoms with Crippen molar-refractivity contribution >= 4 is 15.9 Å². The fourth-order valence-electron chi connectivity index (χ4n) is 1.89. The average molecular weight is 312 g/mol. The lowest BCUT2D eigenvalue weighted by atomic mass is 10.2. The predicted octanol–water partition coefficient (Wildman–Crippen LogP) is 2.10. The Labute approximate surface area is 127 Å². The number of amides is 1. The van der Waals surface area contributed by atoms with Crippen molar-refractivity contribution in [3.63, 3.8) is 0 Å². The molecular formula is C15H24N2O3S. The van der Waals surface area contributed by atoms with Crippen LogP contribution in [0.1, 0.15) is 38.1 Å². The third kappa shape index (κ3) is 4.54. The van der Waals surface area contributed by atoms with Gasteiger partial charge in [0.05, 0.1) is 4.90 Å². The summed E-state index contributed by atoms with van der Waals surface area (Å²) in [5, 5.41) is 2.80. The van der Waals surface area contributed by atoms with Crippen LogP contribution in [0.4, 0.5) is 0 Å². The minimum atomic E-state index is -3.47. The summed E-state index contributed by atoms with van der Waals surface area (Å²) >= 11 is 0. The lowest BCUT2D eigenvalue weighted by Gasteiger charge is -2.18. The Bertz CT molecular complexity index is 561. The second-order valence-electron chi connectivity index (χ2n) is 5.22. The molecule has 0 radical (unpaired) electrons. The molecule has 0 aliphatic carbocycles. The summed E-state index contributed by atoms with van der Waals surface area (Å²) in [6.07, 6.45) is 0. The molecule has 0 fully saturated rings. The number of nitrogens with zero attached hydrogens (tertiary/aromatic N) is 1. The molecule has 118 valence electrons. The Balaban J connectivity index is 2.90. The van der Waals surface area contributed by atoms with E-state index in [0.29, 0.717) is 31.1 Å². The summed E-state index contributed by atoms with van der Waals surface area (Å²) < 4.78 is 26.0. The second kappa shape index (κ2) is 7.56. The largest absolute Gasteiger partial charge is 0.352 e. The Morgan fingerprint density at radius 2 is 1.67 bits per heavy atom. The number of benzene rings is 1. The van der Waals surface area contributed by atoms with E-state index in [9.17, 15) is 13.2 Å². The molecule has 1 amide bonds. The molecule has 0 aliphatic heterocycles. The van der Waals surface area contributed by atoms with Gasteiger partial charge in [-0.25, -0.2) is 8.42 Å². The maximum absolute atomic E-state index is 12.3.